The Bertz CT molecular complexity index is 472. The lowest BCUT2D eigenvalue weighted by Gasteiger charge is -2.26. The van der Waals surface area contributed by atoms with Crippen LogP contribution in [0.3, 0.4) is 0 Å². The molecule has 1 aliphatic heterocycles. The van der Waals surface area contributed by atoms with E-state index >= 15 is 0 Å². The van der Waals surface area contributed by atoms with E-state index in [-0.39, 0.29) is 24.7 Å². The Morgan fingerprint density at radius 3 is 2.59 bits per heavy atom. The van der Waals surface area contributed by atoms with Crippen molar-refractivity contribution in [2.45, 2.75) is 12.8 Å². The molecule has 22 heavy (non-hydrogen) atoms. The van der Waals surface area contributed by atoms with Crippen LogP contribution in [0, 0.1) is 0 Å². The average Bonchev–Trinajstić information content (AvgIpc) is 2.58. The topological polar surface area (TPSA) is 67.9 Å². The highest BCUT2D eigenvalue weighted by molar-refractivity contribution is 5.83. The molecule has 0 spiro atoms. The highest BCUT2D eigenvalue weighted by Crippen LogP contribution is 2.07. The van der Waals surface area contributed by atoms with E-state index in [0.29, 0.717) is 39.5 Å². The monoisotopic (exact) mass is 306 g/mol. The molecule has 0 saturated carbocycles. The second-order valence-electron chi connectivity index (χ2n) is 5.00. The van der Waals surface area contributed by atoms with Gasteiger partial charge in [-0.25, -0.2) is 0 Å². The SMILES string of the molecule is O=C(CCC(=O)N1CCOCC1)NCCOc1ccccc1. The van der Waals surface area contributed by atoms with Gasteiger partial charge in [0.2, 0.25) is 11.8 Å². The molecular formula is C16H22N2O4. The van der Waals surface area contributed by atoms with Crippen LogP contribution < -0.4 is 10.1 Å². The van der Waals surface area contributed by atoms with E-state index in [0.717, 1.165) is 5.75 Å². The second-order valence-corrected chi connectivity index (χ2v) is 5.00. The Labute approximate surface area is 130 Å². The maximum Gasteiger partial charge on any atom is 0.223 e. The van der Waals surface area contributed by atoms with Crippen molar-refractivity contribution in [3.05, 3.63) is 30.3 Å². The number of ether oxygens (including phenoxy) is 2. The van der Waals surface area contributed by atoms with Crippen molar-refractivity contribution in [3.63, 3.8) is 0 Å². The van der Waals surface area contributed by atoms with E-state index in [4.69, 9.17) is 9.47 Å². The minimum Gasteiger partial charge on any atom is -0.492 e. The smallest absolute Gasteiger partial charge is 0.223 e. The van der Waals surface area contributed by atoms with E-state index in [1.54, 1.807) is 4.90 Å². The van der Waals surface area contributed by atoms with Gasteiger partial charge in [-0.2, -0.15) is 0 Å². The van der Waals surface area contributed by atoms with Crippen LogP contribution in [0.2, 0.25) is 0 Å². The molecule has 1 aromatic rings. The van der Waals surface area contributed by atoms with Crippen molar-refractivity contribution in [1.82, 2.24) is 10.2 Å². The Kier molecular flexibility index (Phi) is 6.70. The Morgan fingerprint density at radius 2 is 1.86 bits per heavy atom. The average molecular weight is 306 g/mol. The van der Waals surface area contributed by atoms with Crippen molar-refractivity contribution >= 4 is 11.8 Å². The minimum absolute atomic E-state index is 0.0129. The Morgan fingerprint density at radius 1 is 1.14 bits per heavy atom. The molecule has 1 fully saturated rings. The number of hydrogen-bond donors (Lipinski definition) is 1. The number of hydrogen-bond acceptors (Lipinski definition) is 4. The zero-order valence-electron chi connectivity index (χ0n) is 12.6. The van der Waals surface area contributed by atoms with Crippen molar-refractivity contribution in [3.8, 4) is 5.75 Å². The first-order valence-corrected chi connectivity index (χ1v) is 7.56. The fourth-order valence-electron chi connectivity index (χ4n) is 2.16. The fraction of sp³-hybridized carbons (Fsp3) is 0.500. The number of benzene rings is 1. The van der Waals surface area contributed by atoms with Gasteiger partial charge in [-0.3, -0.25) is 9.59 Å². The molecule has 1 heterocycles. The number of morpholine rings is 1. The van der Waals surface area contributed by atoms with Crippen LogP contribution >= 0.6 is 0 Å². The molecule has 120 valence electrons. The van der Waals surface area contributed by atoms with Crippen LogP contribution in [0.4, 0.5) is 0 Å². The Balaban J connectivity index is 1.55. The van der Waals surface area contributed by atoms with Crippen LogP contribution in [0.1, 0.15) is 12.8 Å². The van der Waals surface area contributed by atoms with Gasteiger partial charge in [0, 0.05) is 25.9 Å². The molecular weight excluding hydrogens is 284 g/mol. The van der Waals surface area contributed by atoms with Gasteiger partial charge in [0.05, 0.1) is 19.8 Å². The molecule has 1 saturated heterocycles. The lowest BCUT2D eigenvalue weighted by molar-refractivity contribution is -0.137. The largest absolute Gasteiger partial charge is 0.492 e. The minimum atomic E-state index is -0.127. The molecule has 1 N–H and O–H groups in total. The predicted molar refractivity (Wildman–Crippen MR) is 81.6 cm³/mol. The summed E-state index contributed by atoms with van der Waals surface area (Å²) in [5.41, 5.74) is 0. The summed E-state index contributed by atoms with van der Waals surface area (Å²) in [6.07, 6.45) is 0.451. The van der Waals surface area contributed by atoms with Gasteiger partial charge in [-0.1, -0.05) is 18.2 Å². The first-order valence-electron chi connectivity index (χ1n) is 7.56. The van der Waals surface area contributed by atoms with Crippen molar-refractivity contribution < 1.29 is 19.1 Å². The molecule has 1 aromatic carbocycles. The molecule has 0 unspecified atom stereocenters. The summed E-state index contributed by atoms with van der Waals surface area (Å²) in [6, 6.07) is 9.43. The standard InChI is InChI=1S/C16H22N2O4/c19-15(6-7-16(20)18-9-12-21-13-10-18)17-8-11-22-14-4-2-1-3-5-14/h1-5H,6-13H2,(H,17,19). The summed E-state index contributed by atoms with van der Waals surface area (Å²) < 4.78 is 10.7. The van der Waals surface area contributed by atoms with E-state index in [9.17, 15) is 9.59 Å². The zero-order chi connectivity index (χ0) is 15.6. The Hall–Kier alpha value is -2.08. The fourth-order valence-corrected chi connectivity index (χ4v) is 2.16. The van der Waals surface area contributed by atoms with Crippen molar-refractivity contribution in [2.24, 2.45) is 0 Å². The summed E-state index contributed by atoms with van der Waals surface area (Å²) in [6.45, 7) is 3.23. The third-order valence-electron chi connectivity index (χ3n) is 3.37. The first kappa shape index (κ1) is 16.3. The van der Waals surface area contributed by atoms with Crippen LogP contribution in [0.25, 0.3) is 0 Å². The number of nitrogens with zero attached hydrogens (tertiary/aromatic N) is 1. The van der Waals surface area contributed by atoms with Crippen LogP contribution in [0.15, 0.2) is 30.3 Å². The van der Waals surface area contributed by atoms with Crippen molar-refractivity contribution in [2.75, 3.05) is 39.5 Å². The number of carbonyl (C=O) groups excluding carboxylic acids is 2. The second kappa shape index (κ2) is 9.04. The van der Waals surface area contributed by atoms with Gasteiger partial charge in [0.25, 0.3) is 0 Å². The van der Waals surface area contributed by atoms with Gasteiger partial charge < -0.3 is 19.7 Å². The molecule has 0 radical (unpaired) electrons. The molecule has 0 bridgehead atoms. The van der Waals surface area contributed by atoms with E-state index < -0.39 is 0 Å². The van der Waals surface area contributed by atoms with Gasteiger partial charge in [-0.15, -0.1) is 0 Å². The highest BCUT2D eigenvalue weighted by atomic mass is 16.5. The molecule has 6 heteroatoms. The summed E-state index contributed by atoms with van der Waals surface area (Å²) in [5.74, 6) is 0.663. The van der Waals surface area contributed by atoms with Gasteiger partial charge in [0.1, 0.15) is 12.4 Å². The molecule has 6 nitrogen and oxygen atoms in total. The van der Waals surface area contributed by atoms with E-state index in [2.05, 4.69) is 5.32 Å². The van der Waals surface area contributed by atoms with E-state index in [1.165, 1.54) is 0 Å². The lowest BCUT2D eigenvalue weighted by atomic mass is 10.2. The molecule has 0 aliphatic carbocycles. The number of nitrogens with one attached hydrogen (secondary N) is 1. The van der Waals surface area contributed by atoms with Crippen molar-refractivity contribution in [1.29, 1.82) is 0 Å². The summed E-state index contributed by atoms with van der Waals surface area (Å²) >= 11 is 0. The quantitative estimate of drug-likeness (QED) is 0.757. The summed E-state index contributed by atoms with van der Waals surface area (Å²) in [7, 11) is 0. The number of rotatable bonds is 7. The first-order chi connectivity index (χ1) is 10.8. The maximum atomic E-state index is 11.9. The van der Waals surface area contributed by atoms with E-state index in [1.807, 2.05) is 30.3 Å². The van der Waals surface area contributed by atoms with Gasteiger partial charge in [-0.05, 0) is 12.1 Å². The molecule has 2 rings (SSSR count). The molecule has 0 atom stereocenters. The van der Waals surface area contributed by atoms with Crippen LogP contribution in [0.5, 0.6) is 5.75 Å². The van der Waals surface area contributed by atoms with Crippen LogP contribution in [-0.4, -0.2) is 56.2 Å². The normalized spacial score (nSPS) is 14.5. The summed E-state index contributed by atoms with van der Waals surface area (Å²) in [4.78, 5) is 25.3. The van der Waals surface area contributed by atoms with Gasteiger partial charge in [0.15, 0.2) is 0 Å². The number of carbonyl (C=O) groups is 2. The highest BCUT2D eigenvalue weighted by Gasteiger charge is 2.17. The molecule has 0 aromatic heterocycles. The summed E-state index contributed by atoms with van der Waals surface area (Å²) in [5, 5.41) is 2.75. The van der Waals surface area contributed by atoms with Crippen LogP contribution in [-0.2, 0) is 14.3 Å². The number of amides is 2. The molecule has 2 amide bonds. The third-order valence-corrected chi connectivity index (χ3v) is 3.37. The predicted octanol–water partition coefficient (Wildman–Crippen LogP) is 0.821. The number of para-hydroxylation sites is 1. The lowest BCUT2D eigenvalue weighted by Crippen LogP contribution is -2.41. The zero-order valence-corrected chi connectivity index (χ0v) is 12.6. The molecule has 1 aliphatic rings. The maximum absolute atomic E-state index is 11.9. The van der Waals surface area contributed by atoms with Gasteiger partial charge >= 0.3 is 0 Å². The third kappa shape index (κ3) is 5.73.